The first-order valence-electron chi connectivity index (χ1n) is 9.51. The first kappa shape index (κ1) is 22.7. The zero-order valence-electron chi connectivity index (χ0n) is 16.9. The first-order chi connectivity index (χ1) is 13.2. The van der Waals surface area contributed by atoms with Gasteiger partial charge in [0.2, 0.25) is 0 Å². The summed E-state index contributed by atoms with van der Waals surface area (Å²) in [4.78, 5) is 9.01. The van der Waals surface area contributed by atoms with Crippen molar-refractivity contribution in [2.24, 2.45) is 4.99 Å². The van der Waals surface area contributed by atoms with Gasteiger partial charge in [0.05, 0.1) is 19.3 Å². The van der Waals surface area contributed by atoms with E-state index < -0.39 is 0 Å². The molecule has 0 bridgehead atoms. The van der Waals surface area contributed by atoms with Crippen LogP contribution in [0.1, 0.15) is 23.1 Å². The van der Waals surface area contributed by atoms with Crippen molar-refractivity contribution in [1.82, 2.24) is 15.1 Å². The number of morpholine rings is 1. The van der Waals surface area contributed by atoms with Crippen molar-refractivity contribution in [2.45, 2.75) is 19.5 Å². The molecule has 7 heteroatoms. The summed E-state index contributed by atoms with van der Waals surface area (Å²) in [5.41, 5.74) is 1.26. The van der Waals surface area contributed by atoms with E-state index in [1.54, 1.807) is 0 Å². The minimum atomic E-state index is 0. The van der Waals surface area contributed by atoms with Crippen molar-refractivity contribution in [1.29, 1.82) is 0 Å². The maximum atomic E-state index is 5.94. The molecule has 1 aromatic heterocycles. The monoisotopic (exact) mass is 498 g/mol. The average molecular weight is 498 g/mol. The van der Waals surface area contributed by atoms with Gasteiger partial charge >= 0.3 is 0 Å². The topological polar surface area (TPSA) is 53.2 Å². The highest BCUT2D eigenvalue weighted by molar-refractivity contribution is 14.0. The number of halogens is 1. The molecule has 0 aliphatic carbocycles. The molecule has 3 rings (SSSR count). The Morgan fingerprint density at radius 1 is 1.18 bits per heavy atom. The Hall–Kier alpha value is -1.58. The third kappa shape index (κ3) is 6.22. The molecule has 0 radical (unpaired) electrons. The molecule has 1 aliphatic heterocycles. The van der Waals surface area contributed by atoms with Gasteiger partial charge in [0.1, 0.15) is 11.5 Å². The van der Waals surface area contributed by atoms with Crippen LogP contribution in [0.5, 0.6) is 0 Å². The molecule has 2 aromatic rings. The van der Waals surface area contributed by atoms with Crippen LogP contribution < -0.4 is 5.32 Å². The molecule has 0 amide bonds. The lowest BCUT2D eigenvalue weighted by Gasteiger charge is -2.34. The number of hydrogen-bond acceptors (Lipinski definition) is 4. The molecule has 1 saturated heterocycles. The zero-order valence-corrected chi connectivity index (χ0v) is 19.3. The van der Waals surface area contributed by atoms with Crippen LogP contribution in [-0.2, 0) is 11.3 Å². The summed E-state index contributed by atoms with van der Waals surface area (Å²) in [6.45, 7) is 6.87. The molecule has 1 fully saturated rings. The predicted octanol–water partition coefficient (Wildman–Crippen LogP) is 3.29. The second-order valence-corrected chi connectivity index (χ2v) is 6.88. The summed E-state index contributed by atoms with van der Waals surface area (Å²) in [5, 5.41) is 3.53. The summed E-state index contributed by atoms with van der Waals surface area (Å²) < 4.78 is 11.5. The van der Waals surface area contributed by atoms with Crippen LogP contribution >= 0.6 is 24.0 Å². The molecule has 6 nitrogen and oxygen atoms in total. The van der Waals surface area contributed by atoms with E-state index in [1.165, 1.54) is 5.56 Å². The SMILES string of the molecule is CN=C(NCC(c1ccc(C)o1)N1CCOCC1)N(C)Cc1ccccc1.I. The normalized spacial score (nSPS) is 16.3. The third-order valence-electron chi connectivity index (χ3n) is 4.87. The molecule has 1 aromatic carbocycles. The van der Waals surface area contributed by atoms with Crippen LogP contribution in [-0.4, -0.2) is 62.7 Å². The quantitative estimate of drug-likeness (QED) is 0.377. The Kier molecular flexibility index (Phi) is 9.27. The highest BCUT2D eigenvalue weighted by Crippen LogP contribution is 2.23. The smallest absolute Gasteiger partial charge is 0.193 e. The summed E-state index contributed by atoms with van der Waals surface area (Å²) >= 11 is 0. The predicted molar refractivity (Wildman–Crippen MR) is 123 cm³/mol. The van der Waals surface area contributed by atoms with E-state index in [0.29, 0.717) is 0 Å². The number of aryl methyl sites for hydroxylation is 1. The Balaban J connectivity index is 0.00000280. The van der Waals surface area contributed by atoms with Crippen LogP contribution in [0.4, 0.5) is 0 Å². The molecule has 2 heterocycles. The molecule has 28 heavy (non-hydrogen) atoms. The van der Waals surface area contributed by atoms with Gasteiger partial charge in [-0.3, -0.25) is 9.89 Å². The number of benzene rings is 1. The van der Waals surface area contributed by atoms with Gasteiger partial charge in [-0.05, 0) is 24.6 Å². The lowest BCUT2D eigenvalue weighted by Crippen LogP contribution is -2.46. The molecule has 0 saturated carbocycles. The van der Waals surface area contributed by atoms with Crippen molar-refractivity contribution in [2.75, 3.05) is 46.9 Å². The van der Waals surface area contributed by atoms with E-state index in [-0.39, 0.29) is 30.0 Å². The Morgan fingerprint density at radius 3 is 2.50 bits per heavy atom. The number of furan rings is 1. The number of nitrogens with zero attached hydrogens (tertiary/aromatic N) is 3. The highest BCUT2D eigenvalue weighted by Gasteiger charge is 2.25. The van der Waals surface area contributed by atoms with E-state index in [9.17, 15) is 0 Å². The van der Waals surface area contributed by atoms with E-state index in [4.69, 9.17) is 9.15 Å². The van der Waals surface area contributed by atoms with Crippen molar-refractivity contribution in [3.05, 3.63) is 59.5 Å². The number of guanidine groups is 1. The largest absolute Gasteiger partial charge is 0.465 e. The van der Waals surface area contributed by atoms with Crippen molar-refractivity contribution < 1.29 is 9.15 Å². The number of ether oxygens (including phenoxy) is 1. The van der Waals surface area contributed by atoms with Crippen LogP contribution in [0.3, 0.4) is 0 Å². The Bertz CT molecular complexity index is 729. The second-order valence-electron chi connectivity index (χ2n) is 6.88. The summed E-state index contributed by atoms with van der Waals surface area (Å²) in [6, 6.07) is 14.7. The summed E-state index contributed by atoms with van der Waals surface area (Å²) in [7, 11) is 3.88. The van der Waals surface area contributed by atoms with Crippen molar-refractivity contribution >= 4 is 29.9 Å². The maximum absolute atomic E-state index is 5.94. The third-order valence-corrected chi connectivity index (χ3v) is 4.87. The van der Waals surface area contributed by atoms with Gasteiger partial charge < -0.3 is 19.4 Å². The lowest BCUT2D eigenvalue weighted by molar-refractivity contribution is 0.0123. The second kappa shape index (κ2) is 11.4. The first-order valence-corrected chi connectivity index (χ1v) is 9.51. The molecule has 1 aliphatic rings. The Labute approximate surface area is 185 Å². The summed E-state index contributed by atoms with van der Waals surface area (Å²) in [6.07, 6.45) is 0. The average Bonchev–Trinajstić information content (AvgIpc) is 3.12. The fourth-order valence-corrected chi connectivity index (χ4v) is 3.44. The molecule has 1 atom stereocenters. The van der Waals surface area contributed by atoms with E-state index in [2.05, 4.69) is 57.5 Å². The van der Waals surface area contributed by atoms with E-state index in [1.807, 2.05) is 26.1 Å². The molecular formula is C21H31IN4O2. The highest BCUT2D eigenvalue weighted by atomic mass is 127. The standard InChI is InChI=1S/C21H30N4O2.HI/c1-17-9-10-20(27-17)19(25-11-13-26-14-12-25)15-23-21(22-2)24(3)16-18-7-5-4-6-8-18;/h4-10,19H,11-16H2,1-3H3,(H,22,23);1H. The van der Waals surface area contributed by atoms with E-state index >= 15 is 0 Å². The fraction of sp³-hybridized carbons (Fsp3) is 0.476. The van der Waals surface area contributed by atoms with Gasteiger partial charge in [0, 0.05) is 40.3 Å². The van der Waals surface area contributed by atoms with Gasteiger partial charge in [0.25, 0.3) is 0 Å². The fourth-order valence-electron chi connectivity index (χ4n) is 3.44. The minimum Gasteiger partial charge on any atom is -0.465 e. The van der Waals surface area contributed by atoms with Crippen LogP contribution in [0.25, 0.3) is 0 Å². The van der Waals surface area contributed by atoms with Gasteiger partial charge in [0.15, 0.2) is 5.96 Å². The minimum absolute atomic E-state index is 0. The van der Waals surface area contributed by atoms with Crippen LogP contribution in [0.15, 0.2) is 51.9 Å². The van der Waals surface area contributed by atoms with Crippen molar-refractivity contribution in [3.8, 4) is 0 Å². The van der Waals surface area contributed by atoms with E-state index in [0.717, 1.165) is 56.9 Å². The van der Waals surface area contributed by atoms with Crippen LogP contribution in [0, 0.1) is 6.92 Å². The zero-order chi connectivity index (χ0) is 19.1. The van der Waals surface area contributed by atoms with Gasteiger partial charge in [-0.25, -0.2) is 0 Å². The van der Waals surface area contributed by atoms with Gasteiger partial charge in [-0.15, -0.1) is 24.0 Å². The summed E-state index contributed by atoms with van der Waals surface area (Å²) in [5.74, 6) is 2.80. The van der Waals surface area contributed by atoms with Gasteiger partial charge in [-0.2, -0.15) is 0 Å². The molecule has 1 N–H and O–H groups in total. The van der Waals surface area contributed by atoms with Gasteiger partial charge in [-0.1, -0.05) is 30.3 Å². The van der Waals surface area contributed by atoms with Crippen LogP contribution in [0.2, 0.25) is 0 Å². The molecule has 0 spiro atoms. The number of hydrogen-bond donors (Lipinski definition) is 1. The molecule has 1 unspecified atom stereocenters. The Morgan fingerprint density at radius 2 is 1.89 bits per heavy atom. The molecular weight excluding hydrogens is 467 g/mol. The lowest BCUT2D eigenvalue weighted by atomic mass is 10.1. The number of aliphatic imine (C=N–C) groups is 1. The molecule has 154 valence electrons. The van der Waals surface area contributed by atoms with Crippen molar-refractivity contribution in [3.63, 3.8) is 0 Å². The number of nitrogens with one attached hydrogen (secondary N) is 1. The maximum Gasteiger partial charge on any atom is 0.193 e. The number of rotatable bonds is 6.